The van der Waals surface area contributed by atoms with Gasteiger partial charge in [-0.2, -0.15) is 0 Å². The van der Waals surface area contributed by atoms with E-state index in [-0.39, 0.29) is 0 Å². The molecule has 0 amide bonds. The minimum absolute atomic E-state index is 0.647. The number of para-hydroxylation sites is 1. The molecule has 1 aromatic rings. The van der Waals surface area contributed by atoms with Crippen molar-refractivity contribution in [1.29, 1.82) is 0 Å². The van der Waals surface area contributed by atoms with Gasteiger partial charge in [-0.1, -0.05) is 50.4 Å². The summed E-state index contributed by atoms with van der Waals surface area (Å²) in [5, 5.41) is 4.30. The zero-order chi connectivity index (χ0) is 10.8. The van der Waals surface area contributed by atoms with Crippen molar-refractivity contribution >= 4 is 17.3 Å². The first-order chi connectivity index (χ1) is 7.27. The van der Waals surface area contributed by atoms with Crippen LogP contribution in [0, 0.1) is 5.92 Å². The number of halogens is 1. The molecule has 1 nitrogen and oxygen atoms in total. The van der Waals surface area contributed by atoms with E-state index in [0.29, 0.717) is 5.92 Å². The standard InChI is InChI=1S/C13H18ClN/c1-3-9(4-2)11-8-15-13-10(11)6-5-7-12(13)14/h5-7,9,11,15H,3-4,8H2,1-2H3. The summed E-state index contributed by atoms with van der Waals surface area (Å²) in [4.78, 5) is 0. The molecule has 1 N–H and O–H groups in total. The summed E-state index contributed by atoms with van der Waals surface area (Å²) in [6.45, 7) is 5.60. The molecular weight excluding hydrogens is 206 g/mol. The van der Waals surface area contributed by atoms with Crippen LogP contribution in [0.2, 0.25) is 5.02 Å². The molecule has 1 aliphatic rings. The van der Waals surface area contributed by atoms with Crippen LogP contribution in [0.25, 0.3) is 0 Å². The molecule has 15 heavy (non-hydrogen) atoms. The van der Waals surface area contributed by atoms with Gasteiger partial charge in [0.25, 0.3) is 0 Å². The largest absolute Gasteiger partial charge is 0.383 e. The third kappa shape index (κ3) is 1.85. The minimum Gasteiger partial charge on any atom is -0.383 e. The van der Waals surface area contributed by atoms with E-state index in [1.54, 1.807) is 0 Å². The van der Waals surface area contributed by atoms with E-state index in [2.05, 4.69) is 31.3 Å². The van der Waals surface area contributed by atoms with Crippen LogP contribution < -0.4 is 5.32 Å². The van der Waals surface area contributed by atoms with Crippen LogP contribution in [-0.4, -0.2) is 6.54 Å². The van der Waals surface area contributed by atoms with Gasteiger partial charge in [-0.25, -0.2) is 0 Å². The summed E-state index contributed by atoms with van der Waals surface area (Å²) >= 11 is 6.16. The lowest BCUT2D eigenvalue weighted by molar-refractivity contribution is 0.418. The number of benzene rings is 1. The van der Waals surface area contributed by atoms with E-state index in [1.165, 1.54) is 18.4 Å². The Morgan fingerprint density at radius 3 is 2.80 bits per heavy atom. The Hall–Kier alpha value is -0.690. The van der Waals surface area contributed by atoms with E-state index in [1.807, 2.05) is 6.07 Å². The Balaban J connectivity index is 2.32. The van der Waals surface area contributed by atoms with Crippen LogP contribution in [0.5, 0.6) is 0 Å². The summed E-state index contributed by atoms with van der Waals surface area (Å²) < 4.78 is 0. The van der Waals surface area contributed by atoms with Crippen molar-refractivity contribution in [1.82, 2.24) is 0 Å². The third-order valence-electron chi connectivity index (χ3n) is 3.56. The number of anilines is 1. The zero-order valence-electron chi connectivity index (χ0n) is 9.39. The number of rotatable bonds is 3. The molecule has 82 valence electrons. The molecule has 0 saturated heterocycles. The highest BCUT2D eigenvalue weighted by Crippen LogP contribution is 2.42. The lowest BCUT2D eigenvalue weighted by Crippen LogP contribution is -2.13. The van der Waals surface area contributed by atoms with Crippen molar-refractivity contribution in [2.75, 3.05) is 11.9 Å². The molecule has 1 atom stereocenters. The van der Waals surface area contributed by atoms with E-state index in [0.717, 1.165) is 23.2 Å². The first-order valence-corrected chi connectivity index (χ1v) is 6.18. The molecule has 0 radical (unpaired) electrons. The van der Waals surface area contributed by atoms with Gasteiger partial charge in [0.05, 0.1) is 10.7 Å². The van der Waals surface area contributed by atoms with E-state index in [4.69, 9.17) is 11.6 Å². The van der Waals surface area contributed by atoms with E-state index >= 15 is 0 Å². The Kier molecular flexibility index (Phi) is 3.20. The fraction of sp³-hybridized carbons (Fsp3) is 0.538. The van der Waals surface area contributed by atoms with Gasteiger partial charge in [-0.05, 0) is 17.5 Å². The van der Waals surface area contributed by atoms with Gasteiger partial charge in [0.15, 0.2) is 0 Å². The van der Waals surface area contributed by atoms with Crippen LogP contribution in [0.4, 0.5) is 5.69 Å². The van der Waals surface area contributed by atoms with Crippen molar-refractivity contribution in [3.05, 3.63) is 28.8 Å². The van der Waals surface area contributed by atoms with Crippen molar-refractivity contribution in [3.8, 4) is 0 Å². The van der Waals surface area contributed by atoms with Crippen LogP contribution in [-0.2, 0) is 0 Å². The van der Waals surface area contributed by atoms with Crippen LogP contribution >= 0.6 is 11.6 Å². The van der Waals surface area contributed by atoms with Gasteiger partial charge in [0, 0.05) is 12.5 Å². The highest BCUT2D eigenvalue weighted by molar-refractivity contribution is 6.33. The van der Waals surface area contributed by atoms with Gasteiger partial charge >= 0.3 is 0 Å². The summed E-state index contributed by atoms with van der Waals surface area (Å²) in [6, 6.07) is 6.23. The highest BCUT2D eigenvalue weighted by atomic mass is 35.5. The second-order valence-corrected chi connectivity index (χ2v) is 4.68. The van der Waals surface area contributed by atoms with Gasteiger partial charge in [0.1, 0.15) is 0 Å². The molecule has 0 saturated carbocycles. The molecule has 2 heteroatoms. The van der Waals surface area contributed by atoms with E-state index in [9.17, 15) is 0 Å². The lowest BCUT2D eigenvalue weighted by Gasteiger charge is -2.20. The Morgan fingerprint density at radius 1 is 1.40 bits per heavy atom. The normalized spacial score (nSPS) is 19.1. The maximum Gasteiger partial charge on any atom is 0.0640 e. The quantitative estimate of drug-likeness (QED) is 0.807. The van der Waals surface area contributed by atoms with E-state index < -0.39 is 0 Å². The Morgan fingerprint density at radius 2 is 2.13 bits per heavy atom. The van der Waals surface area contributed by atoms with Crippen LogP contribution in [0.1, 0.15) is 38.2 Å². The Bertz CT molecular complexity index is 344. The topological polar surface area (TPSA) is 12.0 Å². The summed E-state index contributed by atoms with van der Waals surface area (Å²) in [5.74, 6) is 1.42. The molecule has 1 aromatic carbocycles. The highest BCUT2D eigenvalue weighted by Gasteiger charge is 2.28. The Labute approximate surface area is 96.8 Å². The smallest absolute Gasteiger partial charge is 0.0640 e. The number of fused-ring (bicyclic) bond motifs is 1. The predicted molar refractivity (Wildman–Crippen MR) is 66.8 cm³/mol. The van der Waals surface area contributed by atoms with Crippen molar-refractivity contribution in [3.63, 3.8) is 0 Å². The first kappa shape index (κ1) is 10.8. The SMILES string of the molecule is CCC(CC)C1CNc2c(Cl)cccc21. The molecule has 1 aliphatic heterocycles. The number of hydrogen-bond donors (Lipinski definition) is 1. The lowest BCUT2D eigenvalue weighted by atomic mass is 9.84. The van der Waals surface area contributed by atoms with Gasteiger partial charge in [-0.15, -0.1) is 0 Å². The molecule has 0 aromatic heterocycles. The number of nitrogens with one attached hydrogen (secondary N) is 1. The van der Waals surface area contributed by atoms with Gasteiger partial charge < -0.3 is 5.32 Å². The minimum atomic E-state index is 0.647. The fourth-order valence-corrected chi connectivity index (χ4v) is 2.89. The average molecular weight is 224 g/mol. The summed E-state index contributed by atoms with van der Waals surface area (Å²) in [5.41, 5.74) is 2.58. The van der Waals surface area contributed by atoms with Crippen molar-refractivity contribution < 1.29 is 0 Å². The molecular formula is C13H18ClN. The monoisotopic (exact) mass is 223 g/mol. The molecule has 0 aliphatic carbocycles. The second-order valence-electron chi connectivity index (χ2n) is 4.27. The molecule has 1 heterocycles. The molecule has 2 rings (SSSR count). The van der Waals surface area contributed by atoms with Crippen molar-refractivity contribution in [2.45, 2.75) is 32.6 Å². The molecule has 0 spiro atoms. The van der Waals surface area contributed by atoms with Crippen LogP contribution in [0.15, 0.2) is 18.2 Å². The number of hydrogen-bond acceptors (Lipinski definition) is 1. The zero-order valence-corrected chi connectivity index (χ0v) is 10.1. The first-order valence-electron chi connectivity index (χ1n) is 5.80. The van der Waals surface area contributed by atoms with Gasteiger partial charge in [0.2, 0.25) is 0 Å². The molecule has 1 unspecified atom stereocenters. The summed E-state index contributed by atoms with van der Waals surface area (Å²) in [7, 11) is 0. The molecule has 0 fully saturated rings. The second kappa shape index (κ2) is 4.44. The maximum atomic E-state index is 6.16. The van der Waals surface area contributed by atoms with Crippen LogP contribution in [0.3, 0.4) is 0 Å². The fourth-order valence-electron chi connectivity index (χ4n) is 2.64. The predicted octanol–water partition coefficient (Wildman–Crippen LogP) is 4.29. The van der Waals surface area contributed by atoms with Gasteiger partial charge in [-0.3, -0.25) is 0 Å². The molecule has 0 bridgehead atoms. The third-order valence-corrected chi connectivity index (χ3v) is 3.88. The van der Waals surface area contributed by atoms with Crippen molar-refractivity contribution in [2.24, 2.45) is 5.92 Å². The average Bonchev–Trinajstić information content (AvgIpc) is 2.66. The summed E-state index contributed by atoms with van der Waals surface area (Å²) in [6.07, 6.45) is 2.49. The maximum absolute atomic E-state index is 6.16.